The first-order valence-electron chi connectivity index (χ1n) is 7.56. The number of carbonyl (C=O) groups excluding carboxylic acids is 3. The van der Waals surface area contributed by atoms with Gasteiger partial charge in [0.1, 0.15) is 11.7 Å². The van der Waals surface area contributed by atoms with E-state index in [0.717, 1.165) is 0 Å². The topological polar surface area (TPSA) is 95.5 Å². The zero-order valence-electron chi connectivity index (χ0n) is 13.5. The van der Waals surface area contributed by atoms with Crippen molar-refractivity contribution < 1.29 is 19.5 Å². The summed E-state index contributed by atoms with van der Waals surface area (Å²) in [5.41, 5.74) is -0.828. The second-order valence-electron chi connectivity index (χ2n) is 6.12. The van der Waals surface area contributed by atoms with Crippen LogP contribution >= 0.6 is 0 Å². The van der Waals surface area contributed by atoms with Crippen LogP contribution in [-0.2, 0) is 14.4 Å². The third-order valence-electron chi connectivity index (χ3n) is 4.51. The highest BCUT2D eigenvalue weighted by molar-refractivity contribution is 6.05. The van der Waals surface area contributed by atoms with Gasteiger partial charge in [0.2, 0.25) is 11.8 Å². The van der Waals surface area contributed by atoms with Gasteiger partial charge in [-0.05, 0) is 12.5 Å². The van der Waals surface area contributed by atoms with Crippen molar-refractivity contribution in [3.05, 3.63) is 35.9 Å². The van der Waals surface area contributed by atoms with Gasteiger partial charge in [0.15, 0.2) is 0 Å². The first-order chi connectivity index (χ1) is 10.8. The summed E-state index contributed by atoms with van der Waals surface area (Å²) >= 11 is 0. The van der Waals surface area contributed by atoms with E-state index in [-0.39, 0.29) is 18.1 Å². The van der Waals surface area contributed by atoms with Crippen LogP contribution in [-0.4, -0.2) is 42.4 Å². The highest BCUT2D eigenvalue weighted by Crippen LogP contribution is 2.45. The van der Waals surface area contributed by atoms with Crippen molar-refractivity contribution in [3.8, 4) is 0 Å². The molecule has 2 rings (SSSR count). The van der Waals surface area contributed by atoms with Gasteiger partial charge in [0.25, 0.3) is 0 Å². The Morgan fingerprint density at radius 1 is 1.13 bits per heavy atom. The van der Waals surface area contributed by atoms with Gasteiger partial charge in [-0.15, -0.1) is 0 Å². The van der Waals surface area contributed by atoms with Gasteiger partial charge in [-0.1, -0.05) is 30.3 Å². The zero-order chi connectivity index (χ0) is 17.2. The molecule has 0 aromatic heterocycles. The van der Waals surface area contributed by atoms with Crippen LogP contribution in [0, 0.1) is 11.8 Å². The van der Waals surface area contributed by atoms with Crippen molar-refractivity contribution in [1.29, 1.82) is 0 Å². The molecule has 0 bridgehead atoms. The number of amides is 2. The van der Waals surface area contributed by atoms with Gasteiger partial charge in [-0.2, -0.15) is 0 Å². The average Bonchev–Trinajstić information content (AvgIpc) is 2.52. The molecule has 0 aliphatic heterocycles. The monoisotopic (exact) mass is 318 g/mol. The number of benzene rings is 1. The first-order valence-corrected chi connectivity index (χ1v) is 7.56. The van der Waals surface area contributed by atoms with E-state index in [9.17, 15) is 19.5 Å². The number of Topliss-reactive ketones (excluding diaryl/α,β-unsaturated/α-hetero) is 1. The molecule has 0 radical (unpaired) electrons. The fourth-order valence-corrected chi connectivity index (χ4v) is 3.48. The van der Waals surface area contributed by atoms with E-state index in [4.69, 9.17) is 0 Å². The van der Waals surface area contributed by atoms with Crippen molar-refractivity contribution in [2.24, 2.45) is 11.8 Å². The molecule has 1 aromatic carbocycles. The van der Waals surface area contributed by atoms with Gasteiger partial charge in [0.05, 0.1) is 11.5 Å². The molecule has 2 amide bonds. The van der Waals surface area contributed by atoms with Crippen molar-refractivity contribution in [2.75, 3.05) is 14.1 Å². The summed E-state index contributed by atoms with van der Waals surface area (Å²) in [6, 6.07) is 8.92. The number of ketones is 1. The van der Waals surface area contributed by atoms with Gasteiger partial charge < -0.3 is 15.7 Å². The van der Waals surface area contributed by atoms with E-state index in [2.05, 4.69) is 10.6 Å². The Hall–Kier alpha value is -2.21. The molecule has 0 heterocycles. The largest absolute Gasteiger partial charge is 0.389 e. The molecular formula is C17H22N2O4. The van der Waals surface area contributed by atoms with E-state index in [1.807, 2.05) is 6.07 Å². The normalized spacial score (nSPS) is 30.6. The van der Waals surface area contributed by atoms with Gasteiger partial charge >= 0.3 is 0 Å². The maximum atomic E-state index is 12.5. The zero-order valence-corrected chi connectivity index (χ0v) is 13.5. The van der Waals surface area contributed by atoms with Crippen LogP contribution in [0.15, 0.2) is 30.3 Å². The molecule has 23 heavy (non-hydrogen) atoms. The summed E-state index contributed by atoms with van der Waals surface area (Å²) in [6.45, 7) is 1.47. The van der Waals surface area contributed by atoms with Crippen molar-refractivity contribution in [1.82, 2.24) is 10.6 Å². The van der Waals surface area contributed by atoms with E-state index in [0.29, 0.717) is 5.56 Å². The van der Waals surface area contributed by atoms with Crippen LogP contribution in [0.4, 0.5) is 0 Å². The number of aliphatic hydroxyl groups is 1. The Labute approximate surface area is 135 Å². The molecule has 1 aliphatic rings. The number of nitrogens with one attached hydrogen (secondary N) is 2. The lowest BCUT2D eigenvalue weighted by molar-refractivity contribution is -0.153. The smallest absolute Gasteiger partial charge is 0.230 e. The Kier molecular flexibility index (Phi) is 4.85. The maximum Gasteiger partial charge on any atom is 0.230 e. The summed E-state index contributed by atoms with van der Waals surface area (Å²) < 4.78 is 0. The molecule has 0 spiro atoms. The molecule has 3 N–H and O–H groups in total. The molecule has 0 saturated heterocycles. The quantitative estimate of drug-likeness (QED) is 0.695. The SMILES string of the molecule is CNC(=O)[C@H]1C(=O)C[C@@](C)(O)[C@@H](C(=O)NC)[C@H]1c1ccccc1. The van der Waals surface area contributed by atoms with Gasteiger partial charge in [-0.25, -0.2) is 0 Å². The van der Waals surface area contributed by atoms with Crippen LogP contribution in [0.5, 0.6) is 0 Å². The Morgan fingerprint density at radius 3 is 2.22 bits per heavy atom. The Balaban J connectivity index is 2.61. The van der Waals surface area contributed by atoms with Crippen LogP contribution in [0.1, 0.15) is 24.8 Å². The number of carbonyl (C=O) groups is 3. The summed E-state index contributed by atoms with van der Waals surface area (Å²) in [7, 11) is 2.94. The third kappa shape index (κ3) is 3.12. The molecule has 1 saturated carbocycles. The van der Waals surface area contributed by atoms with Crippen LogP contribution in [0.25, 0.3) is 0 Å². The standard InChI is InChI=1S/C17H22N2O4/c1-17(23)9-11(20)13(15(21)18-2)12(14(17)16(22)19-3)10-7-5-4-6-8-10/h4-8,12-14,23H,9H2,1-3H3,(H,18,21)(H,19,22)/t12-,13-,14+,17+/m0/s1. The van der Waals surface area contributed by atoms with Crippen molar-refractivity contribution >= 4 is 17.6 Å². The Bertz CT molecular complexity index is 612. The van der Waals surface area contributed by atoms with E-state index < -0.39 is 29.3 Å². The van der Waals surface area contributed by atoms with E-state index >= 15 is 0 Å². The molecule has 1 aromatic rings. The summed E-state index contributed by atoms with van der Waals surface area (Å²) in [4.78, 5) is 37.2. The maximum absolute atomic E-state index is 12.5. The summed E-state index contributed by atoms with van der Waals surface area (Å²) in [5.74, 6) is -3.78. The van der Waals surface area contributed by atoms with Crippen LogP contribution < -0.4 is 10.6 Å². The van der Waals surface area contributed by atoms with Gasteiger partial charge in [-0.3, -0.25) is 14.4 Å². The second-order valence-corrected chi connectivity index (χ2v) is 6.12. The van der Waals surface area contributed by atoms with Crippen LogP contribution in [0.2, 0.25) is 0 Å². The highest BCUT2D eigenvalue weighted by atomic mass is 16.3. The summed E-state index contributed by atoms with van der Waals surface area (Å²) in [6.07, 6.45) is -0.230. The van der Waals surface area contributed by atoms with Crippen molar-refractivity contribution in [2.45, 2.75) is 24.9 Å². The molecule has 1 fully saturated rings. The number of hydrogen-bond acceptors (Lipinski definition) is 4. The van der Waals surface area contributed by atoms with E-state index in [1.54, 1.807) is 24.3 Å². The minimum atomic E-state index is -1.51. The third-order valence-corrected chi connectivity index (χ3v) is 4.51. The Morgan fingerprint density at radius 2 is 1.70 bits per heavy atom. The molecule has 1 aliphatic carbocycles. The minimum Gasteiger partial charge on any atom is -0.389 e. The predicted molar refractivity (Wildman–Crippen MR) is 84.5 cm³/mol. The summed E-state index contributed by atoms with van der Waals surface area (Å²) in [5, 5.41) is 15.7. The fraction of sp³-hybridized carbons (Fsp3) is 0.471. The molecule has 124 valence electrons. The van der Waals surface area contributed by atoms with E-state index in [1.165, 1.54) is 21.0 Å². The minimum absolute atomic E-state index is 0.230. The number of hydrogen-bond donors (Lipinski definition) is 3. The first kappa shape index (κ1) is 17.1. The lowest BCUT2D eigenvalue weighted by atomic mass is 9.61. The molecular weight excluding hydrogens is 296 g/mol. The molecule has 0 unspecified atom stereocenters. The second kappa shape index (κ2) is 6.50. The van der Waals surface area contributed by atoms with Crippen molar-refractivity contribution in [3.63, 3.8) is 0 Å². The lowest BCUT2D eigenvalue weighted by Crippen LogP contribution is -2.57. The van der Waals surface area contributed by atoms with Gasteiger partial charge in [0, 0.05) is 26.4 Å². The molecule has 4 atom stereocenters. The predicted octanol–water partition coefficient (Wildman–Crippen LogP) is 0.218. The number of rotatable bonds is 3. The molecule has 6 heteroatoms. The fourth-order valence-electron chi connectivity index (χ4n) is 3.48. The highest BCUT2D eigenvalue weighted by Gasteiger charge is 2.55. The molecule has 6 nitrogen and oxygen atoms in total. The van der Waals surface area contributed by atoms with Crippen LogP contribution in [0.3, 0.4) is 0 Å². The average molecular weight is 318 g/mol. The lowest BCUT2D eigenvalue weighted by Gasteiger charge is -2.44.